The van der Waals surface area contributed by atoms with Gasteiger partial charge in [0.25, 0.3) is 0 Å². The lowest BCUT2D eigenvalue weighted by Gasteiger charge is -2.35. The molecule has 0 saturated carbocycles. The first kappa shape index (κ1) is 11.6. The summed E-state index contributed by atoms with van der Waals surface area (Å²) < 4.78 is 0. The third kappa shape index (κ3) is 2.83. The maximum Gasteiger partial charge on any atom is 0.219 e. The molecule has 1 N–H and O–H groups in total. The lowest BCUT2D eigenvalue weighted by Crippen LogP contribution is -2.53. The van der Waals surface area contributed by atoms with Crippen LogP contribution in [0, 0.1) is 0 Å². The van der Waals surface area contributed by atoms with Crippen molar-refractivity contribution in [3.63, 3.8) is 0 Å². The highest BCUT2D eigenvalue weighted by molar-refractivity contribution is 7.09. The molecule has 0 spiro atoms. The van der Waals surface area contributed by atoms with Crippen LogP contribution in [0.5, 0.6) is 0 Å². The molecule has 1 aliphatic rings. The summed E-state index contributed by atoms with van der Waals surface area (Å²) in [4.78, 5) is 14.9. The highest BCUT2D eigenvalue weighted by atomic mass is 32.1. The first-order chi connectivity index (χ1) is 7.77. The van der Waals surface area contributed by atoms with Gasteiger partial charge in [-0.1, -0.05) is 6.07 Å². The largest absolute Gasteiger partial charge is 0.337 e. The van der Waals surface area contributed by atoms with Gasteiger partial charge in [-0.25, -0.2) is 0 Å². The number of hydrogen-bond donors (Lipinski definition) is 1. The second-order valence-electron chi connectivity index (χ2n) is 4.19. The van der Waals surface area contributed by atoms with Crippen LogP contribution in [0.15, 0.2) is 17.5 Å². The molecule has 16 heavy (non-hydrogen) atoms. The van der Waals surface area contributed by atoms with E-state index in [1.54, 1.807) is 18.3 Å². The van der Waals surface area contributed by atoms with Crippen LogP contribution >= 0.6 is 11.3 Å². The number of rotatable bonds is 3. The van der Waals surface area contributed by atoms with Crippen LogP contribution in [-0.2, 0) is 11.2 Å². The Balaban J connectivity index is 1.89. The molecule has 3 nitrogen and oxygen atoms in total. The van der Waals surface area contributed by atoms with Crippen LogP contribution in [0.2, 0.25) is 0 Å². The fraction of sp³-hybridized carbons (Fsp3) is 0.583. The predicted octanol–water partition coefficient (Wildman–Crippen LogP) is 1.50. The summed E-state index contributed by atoms with van der Waals surface area (Å²) >= 11 is 1.80. The summed E-state index contributed by atoms with van der Waals surface area (Å²) in [6.07, 6.45) is 2.14. The first-order valence-electron chi connectivity index (χ1n) is 5.77. The number of carbonyl (C=O) groups excluding carboxylic acids is 1. The van der Waals surface area contributed by atoms with E-state index < -0.39 is 0 Å². The Labute approximate surface area is 100 Å². The Kier molecular flexibility index (Phi) is 3.96. The van der Waals surface area contributed by atoms with Crippen LogP contribution in [0.25, 0.3) is 0 Å². The van der Waals surface area contributed by atoms with Crippen LogP contribution in [0.3, 0.4) is 0 Å². The highest BCUT2D eigenvalue weighted by Gasteiger charge is 2.23. The number of carbonyl (C=O) groups is 1. The summed E-state index contributed by atoms with van der Waals surface area (Å²) in [5.41, 5.74) is 0. The van der Waals surface area contributed by atoms with Crippen molar-refractivity contribution in [2.24, 2.45) is 0 Å². The molecule has 2 heterocycles. The van der Waals surface area contributed by atoms with E-state index in [1.165, 1.54) is 4.88 Å². The third-order valence-corrected chi connectivity index (χ3v) is 3.99. The van der Waals surface area contributed by atoms with Gasteiger partial charge in [-0.05, 0) is 24.3 Å². The Bertz CT molecular complexity index is 337. The van der Waals surface area contributed by atoms with Crippen molar-refractivity contribution in [1.29, 1.82) is 0 Å². The summed E-state index contributed by atoms with van der Waals surface area (Å²) in [6, 6.07) is 4.62. The number of hydrogen-bond acceptors (Lipinski definition) is 3. The van der Waals surface area contributed by atoms with Crippen molar-refractivity contribution in [1.82, 2.24) is 10.2 Å². The standard InChI is InChI=1S/C12H18N2OS/c1-10(15)14-7-6-13-9-11(14)4-5-12-3-2-8-16-12/h2-3,8,11,13H,4-7,9H2,1H3. The van der Waals surface area contributed by atoms with E-state index in [9.17, 15) is 4.79 Å². The second kappa shape index (κ2) is 5.46. The molecule has 1 aliphatic heterocycles. The van der Waals surface area contributed by atoms with E-state index in [4.69, 9.17) is 0 Å². The smallest absolute Gasteiger partial charge is 0.219 e. The molecule has 1 aromatic rings. The molecule has 1 saturated heterocycles. The average Bonchev–Trinajstić information content (AvgIpc) is 2.79. The lowest BCUT2D eigenvalue weighted by molar-refractivity contribution is -0.132. The van der Waals surface area contributed by atoms with Gasteiger partial charge in [-0.15, -0.1) is 11.3 Å². The van der Waals surface area contributed by atoms with E-state index in [2.05, 4.69) is 22.8 Å². The first-order valence-corrected chi connectivity index (χ1v) is 6.65. The summed E-state index contributed by atoms with van der Waals surface area (Å²) in [7, 11) is 0. The molecule has 2 rings (SSSR count). The molecule has 1 atom stereocenters. The van der Waals surface area contributed by atoms with Crippen molar-refractivity contribution < 1.29 is 4.79 Å². The third-order valence-electron chi connectivity index (χ3n) is 3.06. The van der Waals surface area contributed by atoms with Gasteiger partial charge in [0.05, 0.1) is 0 Å². The minimum absolute atomic E-state index is 0.206. The molecule has 1 aromatic heterocycles. The van der Waals surface area contributed by atoms with Crippen molar-refractivity contribution in [3.8, 4) is 0 Å². The van der Waals surface area contributed by atoms with E-state index >= 15 is 0 Å². The monoisotopic (exact) mass is 238 g/mol. The molecule has 0 bridgehead atoms. The van der Waals surface area contributed by atoms with Crippen molar-refractivity contribution in [2.75, 3.05) is 19.6 Å². The quantitative estimate of drug-likeness (QED) is 0.865. The highest BCUT2D eigenvalue weighted by Crippen LogP contribution is 2.15. The molecular formula is C12H18N2OS. The Hall–Kier alpha value is -0.870. The van der Waals surface area contributed by atoms with E-state index in [-0.39, 0.29) is 5.91 Å². The SMILES string of the molecule is CC(=O)N1CCNCC1CCc1cccs1. The Morgan fingerprint density at radius 3 is 3.25 bits per heavy atom. The zero-order chi connectivity index (χ0) is 11.4. The Morgan fingerprint density at radius 1 is 1.69 bits per heavy atom. The predicted molar refractivity (Wildman–Crippen MR) is 66.7 cm³/mol. The van der Waals surface area contributed by atoms with Gasteiger partial charge < -0.3 is 10.2 Å². The second-order valence-corrected chi connectivity index (χ2v) is 5.22. The molecule has 1 amide bonds. The maximum atomic E-state index is 11.5. The molecule has 1 unspecified atom stereocenters. The van der Waals surface area contributed by atoms with E-state index in [0.29, 0.717) is 6.04 Å². The van der Waals surface area contributed by atoms with Gasteiger partial charge in [0.15, 0.2) is 0 Å². The van der Waals surface area contributed by atoms with Crippen molar-refractivity contribution in [3.05, 3.63) is 22.4 Å². The van der Waals surface area contributed by atoms with Crippen LogP contribution in [0.1, 0.15) is 18.2 Å². The van der Waals surface area contributed by atoms with Gasteiger partial charge in [-0.3, -0.25) is 4.79 Å². The molecule has 0 aromatic carbocycles. The number of thiophene rings is 1. The molecule has 88 valence electrons. The summed E-state index contributed by atoms with van der Waals surface area (Å²) in [5.74, 6) is 0.206. The van der Waals surface area contributed by atoms with Crippen LogP contribution in [-0.4, -0.2) is 36.5 Å². The minimum Gasteiger partial charge on any atom is -0.337 e. The molecule has 0 aliphatic carbocycles. The van der Waals surface area contributed by atoms with Crippen molar-refractivity contribution >= 4 is 17.2 Å². The van der Waals surface area contributed by atoms with E-state index in [0.717, 1.165) is 32.5 Å². The van der Waals surface area contributed by atoms with Gasteiger partial charge in [0, 0.05) is 37.5 Å². The normalized spacial score (nSPS) is 21.1. The number of nitrogens with zero attached hydrogens (tertiary/aromatic N) is 1. The zero-order valence-corrected chi connectivity index (χ0v) is 10.4. The fourth-order valence-electron chi connectivity index (χ4n) is 2.20. The fourth-order valence-corrected chi connectivity index (χ4v) is 2.92. The van der Waals surface area contributed by atoms with Crippen LogP contribution in [0.4, 0.5) is 0 Å². The number of amides is 1. The van der Waals surface area contributed by atoms with Crippen molar-refractivity contribution in [2.45, 2.75) is 25.8 Å². The van der Waals surface area contributed by atoms with E-state index in [1.807, 2.05) is 4.90 Å². The lowest BCUT2D eigenvalue weighted by atomic mass is 10.1. The minimum atomic E-state index is 0.206. The zero-order valence-electron chi connectivity index (χ0n) is 9.61. The van der Waals surface area contributed by atoms with Gasteiger partial charge in [0.1, 0.15) is 0 Å². The average molecular weight is 238 g/mol. The van der Waals surface area contributed by atoms with Gasteiger partial charge in [-0.2, -0.15) is 0 Å². The van der Waals surface area contributed by atoms with Gasteiger partial charge >= 0.3 is 0 Å². The number of piperazine rings is 1. The maximum absolute atomic E-state index is 11.5. The number of aryl methyl sites for hydroxylation is 1. The topological polar surface area (TPSA) is 32.3 Å². The molecule has 1 fully saturated rings. The van der Waals surface area contributed by atoms with Crippen LogP contribution < -0.4 is 5.32 Å². The number of nitrogens with one attached hydrogen (secondary N) is 1. The summed E-state index contributed by atoms with van der Waals surface area (Å²) in [6.45, 7) is 4.38. The van der Waals surface area contributed by atoms with Gasteiger partial charge in [0.2, 0.25) is 5.91 Å². The molecule has 4 heteroatoms. The molecular weight excluding hydrogens is 220 g/mol. The molecule has 0 radical (unpaired) electrons. The summed E-state index contributed by atoms with van der Waals surface area (Å²) in [5, 5.41) is 5.47. The Morgan fingerprint density at radius 2 is 2.56 bits per heavy atom.